The van der Waals surface area contributed by atoms with E-state index in [1.807, 2.05) is 0 Å². The maximum atomic E-state index is 14.1. The number of aryl methyl sites for hydroxylation is 1. The number of carboxylic acids is 1. The van der Waals surface area contributed by atoms with Gasteiger partial charge >= 0.3 is 5.97 Å². The number of rotatable bonds is 6. The largest absolute Gasteiger partial charge is 0.480 e. The maximum Gasteiger partial charge on any atom is 0.318 e. The number of carbonyl (C=O) groups is 1. The SMILES string of the molecule is Cc1ncccc1CN(CC(=O)O)S(=O)(=O)c1c(F)c(F)c(F)c(F)c1Br. The molecule has 0 atom stereocenters. The molecule has 1 aromatic carbocycles. The highest BCUT2D eigenvalue weighted by molar-refractivity contribution is 9.10. The minimum atomic E-state index is -5.08. The first kappa shape index (κ1) is 21.3. The maximum absolute atomic E-state index is 14.1. The van der Waals surface area contributed by atoms with Crippen LogP contribution in [-0.4, -0.2) is 35.3 Å². The fourth-order valence-electron chi connectivity index (χ4n) is 2.19. The molecular formula is C15H11BrF4N2O4S. The molecule has 0 saturated carbocycles. The number of aliphatic carboxylic acids is 1. The van der Waals surface area contributed by atoms with E-state index >= 15 is 0 Å². The van der Waals surface area contributed by atoms with E-state index in [9.17, 15) is 30.8 Å². The van der Waals surface area contributed by atoms with Crippen molar-refractivity contribution in [3.63, 3.8) is 0 Å². The summed E-state index contributed by atoms with van der Waals surface area (Å²) in [6.45, 7) is -0.182. The zero-order valence-corrected chi connectivity index (χ0v) is 15.9. The molecule has 0 unspecified atom stereocenters. The number of hydrogen-bond acceptors (Lipinski definition) is 4. The molecular weight excluding hydrogens is 460 g/mol. The number of pyridine rings is 1. The summed E-state index contributed by atoms with van der Waals surface area (Å²) in [4.78, 5) is 13.5. The molecule has 0 radical (unpaired) electrons. The predicted octanol–water partition coefficient (Wildman–Crippen LogP) is 2.98. The lowest BCUT2D eigenvalue weighted by molar-refractivity contribution is -0.137. The fourth-order valence-corrected chi connectivity index (χ4v) is 4.63. The molecule has 0 amide bonds. The number of hydrogen-bond donors (Lipinski definition) is 1. The van der Waals surface area contributed by atoms with Gasteiger partial charge in [0.2, 0.25) is 10.0 Å². The summed E-state index contributed by atoms with van der Waals surface area (Å²) in [6.07, 6.45) is 1.41. The summed E-state index contributed by atoms with van der Waals surface area (Å²) < 4.78 is 79.4. The molecule has 0 spiro atoms. The molecule has 6 nitrogen and oxygen atoms in total. The van der Waals surface area contributed by atoms with Gasteiger partial charge < -0.3 is 5.11 Å². The van der Waals surface area contributed by atoms with Crippen LogP contribution in [0.4, 0.5) is 17.6 Å². The molecule has 1 heterocycles. The molecule has 0 fully saturated rings. The Balaban J connectivity index is 2.65. The van der Waals surface area contributed by atoms with Gasteiger partial charge in [-0.2, -0.15) is 4.31 Å². The number of halogens is 5. The summed E-state index contributed by atoms with van der Waals surface area (Å²) >= 11 is 2.40. The predicted molar refractivity (Wildman–Crippen MR) is 88.2 cm³/mol. The van der Waals surface area contributed by atoms with E-state index in [2.05, 4.69) is 20.9 Å². The van der Waals surface area contributed by atoms with Crippen LogP contribution in [0.25, 0.3) is 0 Å². The second-order valence-electron chi connectivity index (χ2n) is 5.31. The lowest BCUT2D eigenvalue weighted by Crippen LogP contribution is -2.36. The lowest BCUT2D eigenvalue weighted by Gasteiger charge is -2.22. The monoisotopic (exact) mass is 470 g/mol. The Bertz CT molecular complexity index is 988. The summed E-state index contributed by atoms with van der Waals surface area (Å²) in [5.41, 5.74) is 0.640. The van der Waals surface area contributed by atoms with Crippen LogP contribution in [0.5, 0.6) is 0 Å². The van der Waals surface area contributed by atoms with Gasteiger partial charge in [-0.1, -0.05) is 6.07 Å². The molecule has 27 heavy (non-hydrogen) atoms. The number of benzene rings is 1. The van der Waals surface area contributed by atoms with E-state index in [-0.39, 0.29) is 5.56 Å². The Kier molecular flexibility index (Phi) is 6.22. The van der Waals surface area contributed by atoms with E-state index in [0.717, 1.165) is 0 Å². The molecule has 0 aliphatic rings. The van der Waals surface area contributed by atoms with Gasteiger partial charge in [0, 0.05) is 18.4 Å². The van der Waals surface area contributed by atoms with E-state index in [4.69, 9.17) is 5.11 Å². The summed E-state index contributed by atoms with van der Waals surface area (Å²) in [5.74, 6) is -10.3. The van der Waals surface area contributed by atoms with Crippen molar-refractivity contribution in [2.45, 2.75) is 18.4 Å². The molecule has 0 aliphatic heterocycles. The average Bonchev–Trinajstić information content (AvgIpc) is 2.59. The van der Waals surface area contributed by atoms with Crippen molar-refractivity contribution in [1.82, 2.24) is 9.29 Å². The van der Waals surface area contributed by atoms with E-state index < -0.39 is 61.7 Å². The third-order valence-electron chi connectivity index (χ3n) is 3.54. The van der Waals surface area contributed by atoms with Crippen LogP contribution in [0.2, 0.25) is 0 Å². The normalized spacial score (nSPS) is 11.8. The van der Waals surface area contributed by atoms with Gasteiger partial charge in [0.05, 0.1) is 4.47 Å². The first-order chi connectivity index (χ1) is 12.5. The van der Waals surface area contributed by atoms with Crippen molar-refractivity contribution in [3.05, 3.63) is 57.3 Å². The number of carboxylic acid groups (broad SMARTS) is 1. The smallest absolute Gasteiger partial charge is 0.318 e. The van der Waals surface area contributed by atoms with Crippen molar-refractivity contribution >= 4 is 31.9 Å². The van der Waals surface area contributed by atoms with Crippen LogP contribution in [0.3, 0.4) is 0 Å². The van der Waals surface area contributed by atoms with E-state index in [1.165, 1.54) is 25.3 Å². The fraction of sp³-hybridized carbons (Fsp3) is 0.200. The average molecular weight is 471 g/mol. The Hall–Kier alpha value is -2.05. The van der Waals surface area contributed by atoms with Crippen molar-refractivity contribution in [2.24, 2.45) is 0 Å². The third-order valence-corrected chi connectivity index (χ3v) is 6.39. The van der Waals surface area contributed by atoms with Crippen LogP contribution in [0.15, 0.2) is 27.7 Å². The quantitative estimate of drug-likeness (QED) is 0.398. The highest BCUT2D eigenvalue weighted by atomic mass is 79.9. The van der Waals surface area contributed by atoms with Gasteiger partial charge in [-0.3, -0.25) is 9.78 Å². The van der Waals surface area contributed by atoms with Crippen molar-refractivity contribution in [3.8, 4) is 0 Å². The molecule has 0 saturated heterocycles. The molecule has 2 rings (SSSR count). The Morgan fingerprint density at radius 3 is 2.33 bits per heavy atom. The second kappa shape index (κ2) is 7.90. The van der Waals surface area contributed by atoms with Crippen molar-refractivity contribution < 1.29 is 35.9 Å². The van der Waals surface area contributed by atoms with Crippen LogP contribution >= 0.6 is 15.9 Å². The van der Waals surface area contributed by atoms with Gasteiger partial charge in [0.1, 0.15) is 11.4 Å². The minimum absolute atomic E-state index is 0.280. The molecule has 0 bridgehead atoms. The Labute approximate surface area is 159 Å². The first-order valence-electron chi connectivity index (χ1n) is 7.12. The van der Waals surface area contributed by atoms with Gasteiger partial charge in [-0.25, -0.2) is 26.0 Å². The molecule has 12 heteroatoms. The molecule has 146 valence electrons. The van der Waals surface area contributed by atoms with Gasteiger partial charge in [0.15, 0.2) is 23.3 Å². The number of sulfonamides is 1. The molecule has 1 N–H and O–H groups in total. The Morgan fingerprint density at radius 1 is 1.19 bits per heavy atom. The molecule has 1 aromatic heterocycles. The first-order valence-corrected chi connectivity index (χ1v) is 9.35. The summed E-state index contributed by atoms with van der Waals surface area (Å²) in [6, 6.07) is 2.91. The standard InChI is InChI=1S/C15H11BrF4N2O4S/c1-7-8(3-2-4-21-7)5-22(6-9(23)24)27(25,26)15-10(16)11(17)12(18)13(19)14(15)20/h2-4H,5-6H2,1H3,(H,23,24). The topological polar surface area (TPSA) is 87.6 Å². The highest BCUT2D eigenvalue weighted by Crippen LogP contribution is 2.34. The van der Waals surface area contributed by atoms with Crippen LogP contribution in [-0.2, 0) is 21.4 Å². The Morgan fingerprint density at radius 2 is 1.78 bits per heavy atom. The third kappa shape index (κ3) is 4.12. The van der Waals surface area contributed by atoms with Crippen molar-refractivity contribution in [2.75, 3.05) is 6.54 Å². The molecule has 0 aliphatic carbocycles. The van der Waals surface area contributed by atoms with Gasteiger partial charge in [-0.15, -0.1) is 0 Å². The zero-order chi connectivity index (χ0) is 20.5. The van der Waals surface area contributed by atoms with Gasteiger partial charge in [-0.05, 0) is 34.5 Å². The summed E-state index contributed by atoms with van der Waals surface area (Å²) in [7, 11) is -5.08. The van der Waals surface area contributed by atoms with Crippen LogP contribution in [0, 0.1) is 30.2 Å². The highest BCUT2D eigenvalue weighted by Gasteiger charge is 2.36. The molecule has 2 aromatic rings. The number of aromatic nitrogens is 1. The van der Waals surface area contributed by atoms with Gasteiger partial charge in [0.25, 0.3) is 0 Å². The van der Waals surface area contributed by atoms with E-state index in [0.29, 0.717) is 10.00 Å². The number of nitrogens with zero attached hydrogens (tertiary/aromatic N) is 2. The van der Waals surface area contributed by atoms with Crippen molar-refractivity contribution in [1.29, 1.82) is 0 Å². The lowest BCUT2D eigenvalue weighted by atomic mass is 10.2. The zero-order valence-electron chi connectivity index (χ0n) is 13.5. The second-order valence-corrected chi connectivity index (χ2v) is 7.98. The summed E-state index contributed by atoms with van der Waals surface area (Å²) in [5, 5.41) is 9.00. The van der Waals surface area contributed by atoms with Crippen LogP contribution < -0.4 is 0 Å². The van der Waals surface area contributed by atoms with E-state index in [1.54, 1.807) is 0 Å². The minimum Gasteiger partial charge on any atom is -0.480 e. The van der Waals surface area contributed by atoms with Crippen LogP contribution in [0.1, 0.15) is 11.3 Å².